The number of carbonyl (C=O) groups excluding carboxylic acids is 1. The summed E-state index contributed by atoms with van der Waals surface area (Å²) in [6.07, 6.45) is -1.25. The fraction of sp³-hybridized carbons (Fsp3) is 0.476. The van der Waals surface area contributed by atoms with Crippen LogP contribution in [-0.2, 0) is 4.74 Å². The topological polar surface area (TPSA) is 59.0 Å². The van der Waals surface area contributed by atoms with Crippen molar-refractivity contribution in [2.45, 2.75) is 52.4 Å². The summed E-state index contributed by atoms with van der Waals surface area (Å²) in [7, 11) is 0. The van der Waals surface area contributed by atoms with Crippen molar-refractivity contribution in [2.24, 2.45) is 0 Å². The molecule has 2 aromatic rings. The number of ether oxygens (including phenoxy) is 2. The summed E-state index contributed by atoms with van der Waals surface area (Å²) >= 11 is 0. The average molecular weight is 359 g/mol. The van der Waals surface area contributed by atoms with Gasteiger partial charge in [0.1, 0.15) is 24.1 Å². The van der Waals surface area contributed by atoms with Crippen LogP contribution in [0, 0.1) is 0 Å². The van der Waals surface area contributed by atoms with Crippen LogP contribution in [0.5, 0.6) is 5.75 Å². The van der Waals surface area contributed by atoms with E-state index in [9.17, 15) is 9.90 Å². The highest BCUT2D eigenvalue weighted by atomic mass is 16.6. The van der Waals surface area contributed by atoms with E-state index in [1.807, 2.05) is 77.1 Å². The summed E-state index contributed by atoms with van der Waals surface area (Å²) in [6.45, 7) is 9.50. The summed E-state index contributed by atoms with van der Waals surface area (Å²) in [6, 6.07) is 13.7. The maximum atomic E-state index is 12.3. The molecule has 142 valence electrons. The molecule has 1 amide bonds. The Bertz CT molecular complexity index is 731. The predicted molar refractivity (Wildman–Crippen MR) is 104 cm³/mol. The number of hydrogen-bond donors (Lipinski definition) is 1. The number of nitrogens with zero attached hydrogens (tertiary/aromatic N) is 1. The second-order valence-corrected chi connectivity index (χ2v) is 7.67. The molecule has 0 aromatic heterocycles. The Balaban J connectivity index is 1.99. The van der Waals surface area contributed by atoms with Crippen molar-refractivity contribution in [3.63, 3.8) is 0 Å². The molecule has 0 spiro atoms. The van der Waals surface area contributed by atoms with E-state index in [1.54, 1.807) is 0 Å². The molecule has 0 fully saturated rings. The van der Waals surface area contributed by atoms with Gasteiger partial charge in [0.05, 0.1) is 6.54 Å². The summed E-state index contributed by atoms with van der Waals surface area (Å²) in [5, 5.41) is 12.5. The molecule has 2 rings (SSSR count). The second kappa shape index (κ2) is 8.41. The largest absolute Gasteiger partial charge is 0.490 e. The van der Waals surface area contributed by atoms with Crippen molar-refractivity contribution in [1.82, 2.24) is 4.90 Å². The molecule has 0 aliphatic rings. The summed E-state index contributed by atoms with van der Waals surface area (Å²) in [4.78, 5) is 13.9. The highest BCUT2D eigenvalue weighted by Crippen LogP contribution is 2.25. The van der Waals surface area contributed by atoms with E-state index in [1.165, 1.54) is 4.90 Å². The van der Waals surface area contributed by atoms with Crippen LogP contribution in [-0.4, -0.2) is 47.0 Å². The van der Waals surface area contributed by atoms with Crippen LogP contribution in [0.2, 0.25) is 0 Å². The highest BCUT2D eigenvalue weighted by molar-refractivity contribution is 5.88. The quantitative estimate of drug-likeness (QED) is 0.839. The monoisotopic (exact) mass is 359 g/mol. The Morgan fingerprint density at radius 1 is 1.12 bits per heavy atom. The van der Waals surface area contributed by atoms with E-state index in [-0.39, 0.29) is 19.2 Å². The minimum atomic E-state index is -0.816. The standard InChI is InChI=1S/C21H29NO4/c1-15(2)22(20(24)26-21(3,4)5)13-17(23)14-25-19-12-8-10-16-9-6-7-11-18(16)19/h6-12,15,17,23H,13-14H2,1-5H3. The van der Waals surface area contributed by atoms with Gasteiger partial charge < -0.3 is 19.5 Å². The second-order valence-electron chi connectivity index (χ2n) is 7.67. The molecule has 1 unspecified atom stereocenters. The third kappa shape index (κ3) is 5.63. The molecule has 26 heavy (non-hydrogen) atoms. The summed E-state index contributed by atoms with van der Waals surface area (Å²) < 4.78 is 11.2. The Kier molecular flexibility index (Phi) is 6.48. The molecular formula is C21H29NO4. The van der Waals surface area contributed by atoms with Gasteiger partial charge in [0.2, 0.25) is 0 Å². The van der Waals surface area contributed by atoms with E-state index < -0.39 is 17.8 Å². The van der Waals surface area contributed by atoms with Crippen LogP contribution in [0.3, 0.4) is 0 Å². The minimum absolute atomic E-state index is 0.0861. The zero-order valence-corrected chi connectivity index (χ0v) is 16.2. The Morgan fingerprint density at radius 3 is 2.42 bits per heavy atom. The molecule has 0 radical (unpaired) electrons. The van der Waals surface area contributed by atoms with Crippen LogP contribution in [0.15, 0.2) is 42.5 Å². The molecule has 0 aliphatic heterocycles. The number of hydrogen-bond acceptors (Lipinski definition) is 4. The van der Waals surface area contributed by atoms with Gasteiger partial charge >= 0.3 is 6.09 Å². The van der Waals surface area contributed by atoms with Crippen molar-refractivity contribution in [3.05, 3.63) is 42.5 Å². The number of rotatable bonds is 6. The van der Waals surface area contributed by atoms with Gasteiger partial charge in [-0.15, -0.1) is 0 Å². The van der Waals surface area contributed by atoms with Crippen molar-refractivity contribution >= 4 is 16.9 Å². The lowest BCUT2D eigenvalue weighted by Gasteiger charge is -2.31. The first-order valence-corrected chi connectivity index (χ1v) is 8.95. The highest BCUT2D eigenvalue weighted by Gasteiger charge is 2.26. The van der Waals surface area contributed by atoms with Crippen molar-refractivity contribution in [3.8, 4) is 5.75 Å². The zero-order valence-electron chi connectivity index (χ0n) is 16.2. The maximum Gasteiger partial charge on any atom is 0.410 e. The molecule has 0 saturated carbocycles. The van der Waals surface area contributed by atoms with E-state index in [0.717, 1.165) is 16.5 Å². The third-order valence-electron chi connectivity index (χ3n) is 3.84. The smallest absolute Gasteiger partial charge is 0.410 e. The van der Waals surface area contributed by atoms with Crippen LogP contribution < -0.4 is 4.74 Å². The molecule has 5 heteroatoms. The molecule has 1 N–H and O–H groups in total. The fourth-order valence-electron chi connectivity index (χ4n) is 2.60. The number of fused-ring (bicyclic) bond motifs is 1. The lowest BCUT2D eigenvalue weighted by atomic mass is 10.1. The van der Waals surface area contributed by atoms with Gasteiger partial charge in [-0.2, -0.15) is 0 Å². The molecule has 0 aliphatic carbocycles. The van der Waals surface area contributed by atoms with Crippen LogP contribution >= 0.6 is 0 Å². The van der Waals surface area contributed by atoms with Gasteiger partial charge in [-0.1, -0.05) is 36.4 Å². The Hall–Kier alpha value is -2.27. The van der Waals surface area contributed by atoms with E-state index >= 15 is 0 Å². The Labute approximate surface area is 155 Å². The van der Waals surface area contributed by atoms with E-state index in [4.69, 9.17) is 9.47 Å². The zero-order chi connectivity index (χ0) is 19.3. The summed E-state index contributed by atoms with van der Waals surface area (Å²) in [5.41, 5.74) is -0.575. The van der Waals surface area contributed by atoms with Crippen LogP contribution in [0.25, 0.3) is 10.8 Å². The third-order valence-corrected chi connectivity index (χ3v) is 3.84. The maximum absolute atomic E-state index is 12.3. The van der Waals surface area contributed by atoms with Gasteiger partial charge in [-0.25, -0.2) is 4.79 Å². The normalized spacial score (nSPS) is 12.9. The molecule has 0 heterocycles. The lowest BCUT2D eigenvalue weighted by molar-refractivity contribution is 0.00196. The van der Waals surface area contributed by atoms with E-state index in [2.05, 4.69) is 0 Å². The molecule has 2 aromatic carbocycles. The number of aliphatic hydroxyl groups excluding tert-OH is 1. The van der Waals surface area contributed by atoms with Crippen LogP contribution in [0.1, 0.15) is 34.6 Å². The minimum Gasteiger partial charge on any atom is -0.490 e. The first-order chi connectivity index (χ1) is 12.2. The first kappa shape index (κ1) is 20.0. The van der Waals surface area contributed by atoms with Crippen molar-refractivity contribution in [2.75, 3.05) is 13.2 Å². The molecular weight excluding hydrogens is 330 g/mol. The molecule has 1 atom stereocenters. The fourth-order valence-corrected chi connectivity index (χ4v) is 2.60. The Morgan fingerprint density at radius 2 is 1.77 bits per heavy atom. The van der Waals surface area contributed by atoms with Gasteiger partial charge in [-0.3, -0.25) is 0 Å². The van der Waals surface area contributed by atoms with Gasteiger partial charge in [0, 0.05) is 11.4 Å². The number of carbonyl (C=O) groups is 1. The van der Waals surface area contributed by atoms with Crippen molar-refractivity contribution < 1.29 is 19.4 Å². The molecule has 0 saturated heterocycles. The predicted octanol–water partition coefficient (Wildman–Crippen LogP) is 4.23. The van der Waals surface area contributed by atoms with E-state index in [0.29, 0.717) is 0 Å². The molecule has 5 nitrogen and oxygen atoms in total. The van der Waals surface area contributed by atoms with Crippen molar-refractivity contribution in [1.29, 1.82) is 0 Å². The van der Waals surface area contributed by atoms with Gasteiger partial charge in [0.15, 0.2) is 0 Å². The first-order valence-electron chi connectivity index (χ1n) is 8.95. The number of benzene rings is 2. The SMILES string of the molecule is CC(C)N(CC(O)COc1cccc2ccccc12)C(=O)OC(C)(C)C. The summed E-state index contributed by atoms with van der Waals surface area (Å²) in [5.74, 6) is 0.718. The van der Waals surface area contributed by atoms with Crippen LogP contribution in [0.4, 0.5) is 4.79 Å². The van der Waals surface area contributed by atoms with Gasteiger partial charge in [0.25, 0.3) is 0 Å². The van der Waals surface area contributed by atoms with Gasteiger partial charge in [-0.05, 0) is 46.1 Å². The number of aliphatic hydroxyl groups is 1. The lowest BCUT2D eigenvalue weighted by Crippen LogP contribution is -2.46. The molecule has 0 bridgehead atoms. The number of amides is 1. The average Bonchev–Trinajstić information content (AvgIpc) is 2.55.